The maximum atomic E-state index is 2.53. The van der Waals surface area contributed by atoms with E-state index in [0.717, 1.165) is 0 Å². The monoisotopic (exact) mass is 544 g/mol. The predicted molar refractivity (Wildman–Crippen MR) is 130 cm³/mol. The van der Waals surface area contributed by atoms with Gasteiger partial charge in [-0.15, -0.1) is 0 Å². The van der Waals surface area contributed by atoms with E-state index in [2.05, 4.69) is 116 Å². The molecule has 3 heteroatoms. The first-order valence-electron chi connectivity index (χ1n) is 11.3. The second-order valence-corrected chi connectivity index (χ2v) is 18.8. The van der Waals surface area contributed by atoms with E-state index >= 15 is 0 Å². The van der Waals surface area contributed by atoms with Crippen LogP contribution >= 0.6 is 0 Å². The average Bonchev–Trinajstić information content (AvgIpc) is 3.22. The van der Waals surface area contributed by atoms with Gasteiger partial charge < -0.3 is 24.8 Å². The van der Waals surface area contributed by atoms with Gasteiger partial charge in [0.15, 0.2) is 0 Å². The van der Waals surface area contributed by atoms with Gasteiger partial charge in [-0.3, -0.25) is 0 Å². The van der Waals surface area contributed by atoms with Crippen molar-refractivity contribution in [3.05, 3.63) is 81.9 Å². The molecule has 2 unspecified atom stereocenters. The molecular weight excluding hydrogens is 510 g/mol. The Morgan fingerprint density at radius 2 is 0.969 bits per heavy atom. The Morgan fingerprint density at radius 1 is 0.625 bits per heavy atom. The summed E-state index contributed by atoms with van der Waals surface area (Å²) >= 11 is -2.20. The van der Waals surface area contributed by atoms with E-state index < -0.39 is 21.3 Å². The number of benzene rings is 2. The summed E-state index contributed by atoms with van der Waals surface area (Å²) in [5, 5.41) is 0. The van der Waals surface area contributed by atoms with Crippen molar-refractivity contribution in [2.75, 3.05) is 0 Å². The number of fused-ring (bicyclic) bond motifs is 2. The second-order valence-electron chi connectivity index (χ2n) is 11.3. The molecule has 0 aliphatic heterocycles. The molecule has 2 aliphatic carbocycles. The smallest absolute Gasteiger partial charge is 1.00 e. The van der Waals surface area contributed by atoms with Crippen molar-refractivity contribution in [2.45, 2.75) is 62.6 Å². The van der Waals surface area contributed by atoms with E-state index in [4.69, 9.17) is 0 Å². The molecule has 0 radical (unpaired) electrons. The molecule has 2 aliphatic rings. The molecule has 0 fully saturated rings. The molecule has 0 amide bonds. The number of halogens is 2. The zero-order valence-electron chi connectivity index (χ0n) is 20.7. The first kappa shape index (κ1) is 27.5. The number of hydrogen-bond acceptors (Lipinski definition) is 0. The molecule has 0 nitrogen and oxygen atoms in total. The summed E-state index contributed by atoms with van der Waals surface area (Å²) in [6, 6.07) is 18.4. The molecule has 0 N–H and O–H groups in total. The average molecular weight is 547 g/mol. The molecule has 0 aromatic heterocycles. The van der Waals surface area contributed by atoms with E-state index in [-0.39, 0.29) is 35.6 Å². The van der Waals surface area contributed by atoms with Gasteiger partial charge in [-0.25, -0.2) is 0 Å². The number of allylic oxidation sites excluding steroid dienone is 2. The quantitative estimate of drug-likeness (QED) is 0.542. The zero-order valence-corrected chi connectivity index (χ0v) is 24.7. The van der Waals surface area contributed by atoms with E-state index in [1.54, 1.807) is 25.5 Å². The fourth-order valence-corrected chi connectivity index (χ4v) is 16.1. The van der Waals surface area contributed by atoms with Gasteiger partial charge in [0, 0.05) is 0 Å². The van der Waals surface area contributed by atoms with Gasteiger partial charge >= 0.3 is 192 Å². The summed E-state index contributed by atoms with van der Waals surface area (Å²) < 4.78 is 2.97. The number of rotatable bonds is 2. The number of hydrogen-bond donors (Lipinski definition) is 0. The van der Waals surface area contributed by atoms with Gasteiger partial charge in [-0.2, -0.15) is 0 Å². The molecule has 4 rings (SSSR count). The van der Waals surface area contributed by atoms with Gasteiger partial charge in [-0.05, 0) is 0 Å². The Bertz CT molecular complexity index is 1010. The molecule has 2 aromatic carbocycles. The van der Waals surface area contributed by atoms with Crippen LogP contribution < -0.4 is 24.8 Å². The molecule has 0 saturated heterocycles. The van der Waals surface area contributed by atoms with Crippen molar-refractivity contribution in [2.24, 2.45) is 10.8 Å². The van der Waals surface area contributed by atoms with E-state index in [1.165, 1.54) is 11.1 Å². The Hall–Kier alpha value is -0.747. The van der Waals surface area contributed by atoms with Crippen LogP contribution in [0.15, 0.2) is 59.7 Å². The minimum absolute atomic E-state index is 0. The minimum atomic E-state index is -2.20. The fraction of sp³-hybridized carbons (Fsp3) is 0.414. The van der Waals surface area contributed by atoms with Crippen LogP contribution in [0.25, 0.3) is 12.2 Å². The van der Waals surface area contributed by atoms with Crippen LogP contribution in [-0.2, 0) is 21.3 Å². The van der Waals surface area contributed by atoms with Crippen molar-refractivity contribution >= 4 is 15.4 Å². The molecule has 32 heavy (non-hydrogen) atoms. The van der Waals surface area contributed by atoms with Crippen LogP contribution in [0.2, 0.25) is 0 Å². The predicted octanol–water partition coefficient (Wildman–Crippen LogP) is 2.19. The van der Waals surface area contributed by atoms with Gasteiger partial charge in [-0.1, -0.05) is 0 Å². The molecule has 0 saturated carbocycles. The van der Waals surface area contributed by atoms with Crippen molar-refractivity contribution in [3.63, 3.8) is 0 Å². The van der Waals surface area contributed by atoms with Gasteiger partial charge in [0.1, 0.15) is 0 Å². The Kier molecular flexibility index (Phi) is 8.47. The molecule has 2 atom stereocenters. The minimum Gasteiger partial charge on any atom is -1.00 e. The topological polar surface area (TPSA) is 0 Å². The van der Waals surface area contributed by atoms with Gasteiger partial charge in [0.25, 0.3) is 0 Å². The van der Waals surface area contributed by atoms with Crippen LogP contribution in [0.3, 0.4) is 0 Å². The van der Waals surface area contributed by atoms with Crippen LogP contribution in [0.5, 0.6) is 0 Å². The summed E-state index contributed by atoms with van der Waals surface area (Å²) in [6.45, 7) is 19.3. The van der Waals surface area contributed by atoms with Crippen LogP contribution in [0.4, 0.5) is 0 Å². The van der Waals surface area contributed by atoms with E-state index in [0.29, 0.717) is 7.25 Å². The molecule has 0 bridgehead atoms. The first-order chi connectivity index (χ1) is 14.0. The maximum Gasteiger partial charge on any atom is -1.00 e. The summed E-state index contributed by atoms with van der Waals surface area (Å²) in [7, 11) is 0. The fourth-order valence-electron chi connectivity index (χ4n) is 5.36. The van der Waals surface area contributed by atoms with Crippen molar-refractivity contribution in [1.29, 1.82) is 0 Å². The molecule has 170 valence electrons. The Labute approximate surface area is 215 Å². The molecule has 0 spiro atoms. The molecule has 0 heterocycles. The van der Waals surface area contributed by atoms with Crippen molar-refractivity contribution in [1.82, 2.24) is 0 Å². The third kappa shape index (κ3) is 4.87. The third-order valence-corrected chi connectivity index (χ3v) is 15.7. The van der Waals surface area contributed by atoms with Crippen LogP contribution in [0.1, 0.15) is 84.9 Å². The van der Waals surface area contributed by atoms with Gasteiger partial charge in [0.2, 0.25) is 0 Å². The summed E-state index contributed by atoms with van der Waals surface area (Å²) in [6.07, 6.45) is 5.07. The molecular formula is C29H36Cl2Zr. The van der Waals surface area contributed by atoms with Crippen LogP contribution in [-0.4, -0.2) is 3.21 Å². The third-order valence-electron chi connectivity index (χ3n) is 6.79. The van der Waals surface area contributed by atoms with E-state index in [1.807, 2.05) is 0 Å². The summed E-state index contributed by atoms with van der Waals surface area (Å²) in [5.74, 6) is 0. The van der Waals surface area contributed by atoms with Gasteiger partial charge in [0.05, 0.1) is 0 Å². The second kappa shape index (κ2) is 9.86. The van der Waals surface area contributed by atoms with Crippen molar-refractivity contribution < 1.29 is 46.1 Å². The summed E-state index contributed by atoms with van der Waals surface area (Å²) in [4.78, 5) is 0. The standard InChI is InChI=1S/2C13H15.C3H6.2ClH.Zr/c2*1-13(2,3)12-8-10-6-4-5-7-11(10)9-12;1-3-2;;;/h2*4-9H,1-3H3;1-2H3;2*1H;/q;;;;;+2/p-2. The zero-order chi connectivity index (χ0) is 21.8. The van der Waals surface area contributed by atoms with Crippen molar-refractivity contribution in [3.8, 4) is 0 Å². The largest absolute Gasteiger partial charge is 1.00 e. The Balaban J connectivity index is 0.00000181. The Morgan fingerprint density at radius 3 is 1.28 bits per heavy atom. The van der Waals surface area contributed by atoms with E-state index in [9.17, 15) is 0 Å². The normalized spacial score (nSPS) is 18.8. The maximum absolute atomic E-state index is 2.53. The summed E-state index contributed by atoms with van der Waals surface area (Å²) in [5.41, 5.74) is 9.81. The van der Waals surface area contributed by atoms with Crippen LogP contribution in [0, 0.1) is 10.8 Å². The molecule has 2 aromatic rings. The SMILES string of the molecule is C[C](C)=[Zr+2]([CH]1C(C(C)(C)C)=Cc2ccccc21)[CH]1C(C(C)(C)C)=Cc2ccccc21.[Cl-].[Cl-]. The first-order valence-corrected chi connectivity index (χ1v) is 15.4.